The Morgan fingerprint density at radius 3 is 2.71 bits per heavy atom. The van der Waals surface area contributed by atoms with Gasteiger partial charge in [-0.05, 0) is 44.0 Å². The van der Waals surface area contributed by atoms with Gasteiger partial charge in [0.05, 0.1) is 5.69 Å². The maximum absolute atomic E-state index is 13.7. The van der Waals surface area contributed by atoms with E-state index in [1.807, 2.05) is 12.1 Å². The van der Waals surface area contributed by atoms with E-state index in [-0.39, 0.29) is 5.82 Å². The lowest BCUT2D eigenvalue weighted by atomic mass is 9.97. The molecule has 1 saturated heterocycles. The largest absolute Gasteiger partial charge is 0.369 e. The summed E-state index contributed by atoms with van der Waals surface area (Å²) in [6, 6.07) is 7.05. The molecule has 17 heavy (non-hydrogen) atoms. The molecular formula is C14H21FN2. The van der Waals surface area contributed by atoms with E-state index in [2.05, 4.69) is 24.1 Å². The highest BCUT2D eigenvalue weighted by Gasteiger charge is 2.25. The number of rotatable bonds is 4. The average Bonchev–Trinajstić information content (AvgIpc) is 2.73. The molecule has 3 heteroatoms. The number of halogens is 1. The molecular weight excluding hydrogens is 215 g/mol. The highest BCUT2D eigenvalue weighted by Crippen LogP contribution is 2.23. The standard InChI is InChI=1S/C14H21FN2/c1-3-17(10-12-9-16-8-11(12)2)14-7-5-4-6-13(14)15/h4-7,11-12,16H,3,8-10H2,1-2H3. The number of hydrogen-bond donors (Lipinski definition) is 1. The summed E-state index contributed by atoms with van der Waals surface area (Å²) < 4.78 is 13.7. The zero-order valence-corrected chi connectivity index (χ0v) is 10.6. The molecule has 0 amide bonds. The fourth-order valence-corrected chi connectivity index (χ4v) is 2.50. The predicted octanol–water partition coefficient (Wildman–Crippen LogP) is 2.51. The van der Waals surface area contributed by atoms with Gasteiger partial charge < -0.3 is 10.2 Å². The normalized spacial score (nSPS) is 23.9. The van der Waals surface area contributed by atoms with E-state index in [4.69, 9.17) is 0 Å². The molecule has 0 spiro atoms. The van der Waals surface area contributed by atoms with Crippen LogP contribution >= 0.6 is 0 Å². The summed E-state index contributed by atoms with van der Waals surface area (Å²) in [6.07, 6.45) is 0. The molecule has 1 heterocycles. The number of benzene rings is 1. The van der Waals surface area contributed by atoms with Crippen LogP contribution in [0.4, 0.5) is 10.1 Å². The molecule has 1 aliphatic heterocycles. The van der Waals surface area contributed by atoms with E-state index in [1.165, 1.54) is 6.07 Å². The van der Waals surface area contributed by atoms with Crippen LogP contribution in [0.2, 0.25) is 0 Å². The highest BCUT2D eigenvalue weighted by molar-refractivity contribution is 5.47. The Bertz CT molecular complexity index is 367. The first-order valence-electron chi connectivity index (χ1n) is 6.42. The van der Waals surface area contributed by atoms with Crippen LogP contribution in [-0.2, 0) is 0 Å². The first kappa shape index (κ1) is 12.4. The third-order valence-corrected chi connectivity index (χ3v) is 3.71. The average molecular weight is 236 g/mol. The Kier molecular flexibility index (Phi) is 4.00. The van der Waals surface area contributed by atoms with Gasteiger partial charge in [-0.1, -0.05) is 19.1 Å². The van der Waals surface area contributed by atoms with Crippen LogP contribution in [0.3, 0.4) is 0 Å². The van der Waals surface area contributed by atoms with Gasteiger partial charge in [-0.25, -0.2) is 4.39 Å². The fraction of sp³-hybridized carbons (Fsp3) is 0.571. The maximum atomic E-state index is 13.7. The summed E-state index contributed by atoms with van der Waals surface area (Å²) in [5.41, 5.74) is 0.731. The Balaban J connectivity index is 2.09. The summed E-state index contributed by atoms with van der Waals surface area (Å²) >= 11 is 0. The van der Waals surface area contributed by atoms with E-state index in [0.717, 1.165) is 31.9 Å². The smallest absolute Gasteiger partial charge is 0.146 e. The molecule has 1 aromatic carbocycles. The van der Waals surface area contributed by atoms with Crippen LogP contribution in [0.1, 0.15) is 13.8 Å². The summed E-state index contributed by atoms with van der Waals surface area (Å²) in [5.74, 6) is 1.18. The number of para-hydroxylation sites is 1. The van der Waals surface area contributed by atoms with Crippen molar-refractivity contribution in [3.05, 3.63) is 30.1 Å². The second kappa shape index (κ2) is 5.50. The Morgan fingerprint density at radius 1 is 1.35 bits per heavy atom. The Labute approximate surface area is 103 Å². The minimum absolute atomic E-state index is 0.118. The van der Waals surface area contributed by atoms with Gasteiger partial charge in [0.25, 0.3) is 0 Å². The SMILES string of the molecule is CCN(CC1CNCC1C)c1ccccc1F. The van der Waals surface area contributed by atoms with Crippen LogP contribution in [0.5, 0.6) is 0 Å². The monoisotopic (exact) mass is 236 g/mol. The zero-order valence-electron chi connectivity index (χ0n) is 10.6. The summed E-state index contributed by atoms with van der Waals surface area (Å²) in [5, 5.41) is 3.40. The van der Waals surface area contributed by atoms with Gasteiger partial charge in [-0.3, -0.25) is 0 Å². The summed E-state index contributed by atoms with van der Waals surface area (Å²) in [4.78, 5) is 2.14. The van der Waals surface area contributed by atoms with E-state index in [0.29, 0.717) is 11.8 Å². The van der Waals surface area contributed by atoms with Crippen molar-refractivity contribution in [2.24, 2.45) is 11.8 Å². The van der Waals surface area contributed by atoms with Crippen molar-refractivity contribution >= 4 is 5.69 Å². The van der Waals surface area contributed by atoms with E-state index in [9.17, 15) is 4.39 Å². The van der Waals surface area contributed by atoms with Crippen molar-refractivity contribution in [1.82, 2.24) is 5.32 Å². The molecule has 1 N–H and O–H groups in total. The van der Waals surface area contributed by atoms with E-state index < -0.39 is 0 Å². The molecule has 1 aliphatic rings. The molecule has 1 fully saturated rings. The molecule has 2 nitrogen and oxygen atoms in total. The van der Waals surface area contributed by atoms with E-state index in [1.54, 1.807) is 6.07 Å². The first-order chi connectivity index (χ1) is 8.22. The van der Waals surface area contributed by atoms with Crippen molar-refractivity contribution in [1.29, 1.82) is 0 Å². The van der Waals surface area contributed by atoms with Gasteiger partial charge in [0.2, 0.25) is 0 Å². The van der Waals surface area contributed by atoms with Gasteiger partial charge in [-0.2, -0.15) is 0 Å². The van der Waals surface area contributed by atoms with E-state index >= 15 is 0 Å². The zero-order chi connectivity index (χ0) is 12.3. The number of hydrogen-bond acceptors (Lipinski definition) is 2. The molecule has 2 atom stereocenters. The van der Waals surface area contributed by atoms with Gasteiger partial charge in [0, 0.05) is 13.1 Å². The molecule has 0 radical (unpaired) electrons. The lowest BCUT2D eigenvalue weighted by molar-refractivity contribution is 0.447. The first-order valence-corrected chi connectivity index (χ1v) is 6.42. The summed E-state index contributed by atoms with van der Waals surface area (Å²) in [6.45, 7) is 8.26. The second-order valence-corrected chi connectivity index (χ2v) is 4.89. The van der Waals surface area contributed by atoms with Crippen molar-refractivity contribution < 1.29 is 4.39 Å². The molecule has 0 bridgehead atoms. The minimum atomic E-state index is -0.118. The molecule has 1 aromatic rings. The molecule has 0 aliphatic carbocycles. The Hall–Kier alpha value is -1.09. The Morgan fingerprint density at radius 2 is 2.12 bits per heavy atom. The molecule has 2 unspecified atom stereocenters. The topological polar surface area (TPSA) is 15.3 Å². The van der Waals surface area contributed by atoms with Crippen LogP contribution in [0.25, 0.3) is 0 Å². The lowest BCUT2D eigenvalue weighted by Crippen LogP contribution is -2.32. The maximum Gasteiger partial charge on any atom is 0.146 e. The van der Waals surface area contributed by atoms with Gasteiger partial charge in [-0.15, -0.1) is 0 Å². The molecule has 94 valence electrons. The van der Waals surface area contributed by atoms with Crippen molar-refractivity contribution in [3.63, 3.8) is 0 Å². The predicted molar refractivity (Wildman–Crippen MR) is 69.8 cm³/mol. The van der Waals surface area contributed by atoms with Crippen molar-refractivity contribution in [2.75, 3.05) is 31.1 Å². The van der Waals surface area contributed by atoms with Crippen LogP contribution in [0, 0.1) is 17.7 Å². The van der Waals surface area contributed by atoms with Crippen molar-refractivity contribution in [3.8, 4) is 0 Å². The molecule has 2 rings (SSSR count). The van der Waals surface area contributed by atoms with Crippen LogP contribution < -0.4 is 10.2 Å². The van der Waals surface area contributed by atoms with Gasteiger partial charge in [0.1, 0.15) is 5.82 Å². The number of nitrogens with one attached hydrogen (secondary N) is 1. The third-order valence-electron chi connectivity index (χ3n) is 3.71. The minimum Gasteiger partial charge on any atom is -0.369 e. The quantitative estimate of drug-likeness (QED) is 0.864. The summed E-state index contributed by atoms with van der Waals surface area (Å²) in [7, 11) is 0. The van der Waals surface area contributed by atoms with Crippen LogP contribution in [0.15, 0.2) is 24.3 Å². The second-order valence-electron chi connectivity index (χ2n) is 4.89. The molecule has 0 saturated carbocycles. The van der Waals surface area contributed by atoms with Crippen molar-refractivity contribution in [2.45, 2.75) is 13.8 Å². The van der Waals surface area contributed by atoms with Gasteiger partial charge in [0.15, 0.2) is 0 Å². The van der Waals surface area contributed by atoms with Crippen LogP contribution in [-0.4, -0.2) is 26.2 Å². The van der Waals surface area contributed by atoms with Gasteiger partial charge >= 0.3 is 0 Å². The lowest BCUT2D eigenvalue weighted by Gasteiger charge is -2.28. The number of nitrogens with zero attached hydrogens (tertiary/aromatic N) is 1. The third kappa shape index (κ3) is 2.78. The molecule has 0 aromatic heterocycles. The fourth-order valence-electron chi connectivity index (χ4n) is 2.50. The highest BCUT2D eigenvalue weighted by atomic mass is 19.1. The number of anilines is 1.